The third kappa shape index (κ3) is 6.26. The molecule has 0 saturated carbocycles. The van der Waals surface area contributed by atoms with Gasteiger partial charge in [0.05, 0.1) is 12.8 Å². The van der Waals surface area contributed by atoms with E-state index in [1.54, 1.807) is 19.2 Å². The van der Waals surface area contributed by atoms with Crippen molar-refractivity contribution in [2.75, 3.05) is 32.5 Å². The molecule has 3 aromatic carbocycles. The Balaban J connectivity index is 1.24. The Morgan fingerprint density at radius 3 is 2.27 bits per heavy atom. The second-order valence-corrected chi connectivity index (χ2v) is 8.35. The molecule has 0 spiro atoms. The lowest BCUT2D eigenvalue weighted by molar-refractivity contribution is 0.201. The molecule has 0 unspecified atom stereocenters. The van der Waals surface area contributed by atoms with E-state index in [-0.39, 0.29) is 0 Å². The summed E-state index contributed by atoms with van der Waals surface area (Å²) in [4.78, 5) is 14.7. The fourth-order valence-electron chi connectivity index (χ4n) is 4.06. The first kappa shape index (κ1) is 22.7. The van der Waals surface area contributed by atoms with Gasteiger partial charge in [-0.1, -0.05) is 42.5 Å². The van der Waals surface area contributed by atoms with E-state index < -0.39 is 6.09 Å². The summed E-state index contributed by atoms with van der Waals surface area (Å²) in [5.74, 6) is 1.14. The number of benzene rings is 3. The van der Waals surface area contributed by atoms with E-state index in [1.165, 1.54) is 37.1 Å². The van der Waals surface area contributed by atoms with E-state index in [4.69, 9.17) is 15.2 Å². The molecule has 0 atom stereocenters. The van der Waals surface area contributed by atoms with Crippen LogP contribution in [0.15, 0.2) is 66.7 Å². The summed E-state index contributed by atoms with van der Waals surface area (Å²) in [6.07, 6.45) is 2.84. The summed E-state index contributed by atoms with van der Waals surface area (Å²) < 4.78 is 10.6. The van der Waals surface area contributed by atoms with Crippen LogP contribution in [0.25, 0.3) is 11.1 Å². The molecule has 0 bridgehead atoms. The Bertz CT molecular complexity index is 1060. The molecular formula is C27H31N3O3. The van der Waals surface area contributed by atoms with Gasteiger partial charge in [0.25, 0.3) is 0 Å². The Morgan fingerprint density at radius 1 is 0.939 bits per heavy atom. The van der Waals surface area contributed by atoms with Crippen molar-refractivity contribution in [2.45, 2.75) is 25.8 Å². The van der Waals surface area contributed by atoms with Crippen molar-refractivity contribution in [2.24, 2.45) is 0 Å². The maximum absolute atomic E-state index is 12.2. The van der Waals surface area contributed by atoms with Gasteiger partial charge in [0.15, 0.2) is 5.75 Å². The number of likely N-dealkylation sites (tertiary alicyclic amines) is 1. The number of carbonyl (C=O) groups excluding carboxylic acids is 1. The fraction of sp³-hybridized carbons (Fsp3) is 0.296. The molecule has 3 N–H and O–H groups in total. The third-order valence-corrected chi connectivity index (χ3v) is 5.95. The fourth-order valence-corrected chi connectivity index (χ4v) is 4.06. The van der Waals surface area contributed by atoms with E-state index in [0.717, 1.165) is 29.8 Å². The van der Waals surface area contributed by atoms with Gasteiger partial charge >= 0.3 is 6.09 Å². The lowest BCUT2D eigenvalue weighted by Gasteiger charge is -2.14. The van der Waals surface area contributed by atoms with Crippen LogP contribution in [0.3, 0.4) is 0 Å². The smallest absolute Gasteiger partial charge is 0.412 e. The molecule has 3 aromatic rings. The van der Waals surface area contributed by atoms with Gasteiger partial charge in [0.2, 0.25) is 0 Å². The van der Waals surface area contributed by atoms with Crippen molar-refractivity contribution in [3.63, 3.8) is 0 Å². The zero-order valence-electron chi connectivity index (χ0n) is 19.0. The molecule has 33 heavy (non-hydrogen) atoms. The average molecular weight is 446 g/mol. The molecule has 172 valence electrons. The highest BCUT2D eigenvalue weighted by molar-refractivity contribution is 5.76. The van der Waals surface area contributed by atoms with Gasteiger partial charge in [-0.15, -0.1) is 0 Å². The number of anilines is 1. The van der Waals surface area contributed by atoms with E-state index >= 15 is 0 Å². The predicted molar refractivity (Wildman–Crippen MR) is 132 cm³/mol. The number of nitrogen functional groups attached to an aromatic ring is 1. The van der Waals surface area contributed by atoms with Gasteiger partial charge in [-0.3, -0.25) is 4.90 Å². The number of hydrogen-bond acceptors (Lipinski definition) is 5. The van der Waals surface area contributed by atoms with Crippen molar-refractivity contribution in [1.29, 1.82) is 0 Å². The molecule has 1 heterocycles. The highest BCUT2D eigenvalue weighted by atomic mass is 16.6. The normalized spacial score (nSPS) is 13.6. The Hall–Kier alpha value is -3.51. The van der Waals surface area contributed by atoms with E-state index in [2.05, 4.69) is 34.5 Å². The maximum Gasteiger partial charge on any atom is 0.412 e. The first-order valence-corrected chi connectivity index (χ1v) is 11.4. The second-order valence-electron chi connectivity index (χ2n) is 8.35. The zero-order valence-corrected chi connectivity index (χ0v) is 19.0. The van der Waals surface area contributed by atoms with Gasteiger partial charge in [-0.05, 0) is 78.9 Å². The highest BCUT2D eigenvalue weighted by Crippen LogP contribution is 2.29. The topological polar surface area (TPSA) is 76.8 Å². The Kier molecular flexibility index (Phi) is 7.47. The monoisotopic (exact) mass is 445 g/mol. The van der Waals surface area contributed by atoms with Crippen molar-refractivity contribution in [3.8, 4) is 22.6 Å². The summed E-state index contributed by atoms with van der Waals surface area (Å²) in [6.45, 7) is 3.91. The molecule has 1 fully saturated rings. The second kappa shape index (κ2) is 10.9. The Morgan fingerprint density at radius 2 is 1.61 bits per heavy atom. The minimum absolute atomic E-state index is 0.344. The summed E-state index contributed by atoms with van der Waals surface area (Å²) in [6, 6.07) is 21.7. The number of methoxy groups -OCH3 is 1. The molecule has 4 rings (SSSR count). The quantitative estimate of drug-likeness (QED) is 0.484. The predicted octanol–water partition coefficient (Wildman–Crippen LogP) is 4.87. The molecular weight excluding hydrogens is 414 g/mol. The number of nitrogens with zero attached hydrogens (tertiary/aromatic N) is 1. The number of nitrogens with one attached hydrogen (secondary N) is 1. The van der Waals surface area contributed by atoms with Crippen LogP contribution in [0.2, 0.25) is 0 Å². The molecule has 0 aromatic heterocycles. The van der Waals surface area contributed by atoms with Crippen LogP contribution in [0, 0.1) is 0 Å². The standard InChI is InChI=1S/C27H31N3O3/c1-32-24-11-8-22(9-12-24)23-10-13-26(25(28)18-23)33-27(31)29-15-14-20-4-6-21(7-5-20)19-30-16-2-3-17-30/h4-13,18H,2-3,14-17,19,28H2,1H3,(H,29,31). The molecule has 6 nitrogen and oxygen atoms in total. The molecule has 1 aliphatic heterocycles. The SMILES string of the molecule is COc1ccc(-c2ccc(OC(=O)NCCc3ccc(CN4CCCC4)cc3)c(N)c2)cc1. The van der Waals surface area contributed by atoms with Crippen LogP contribution >= 0.6 is 0 Å². The highest BCUT2D eigenvalue weighted by Gasteiger charge is 2.12. The maximum atomic E-state index is 12.2. The van der Waals surface area contributed by atoms with Gasteiger partial charge in [0.1, 0.15) is 5.75 Å². The number of nitrogens with two attached hydrogens (primary N) is 1. The van der Waals surface area contributed by atoms with E-state index in [0.29, 0.717) is 18.0 Å². The van der Waals surface area contributed by atoms with Crippen molar-refractivity contribution in [3.05, 3.63) is 77.9 Å². The van der Waals surface area contributed by atoms with Gasteiger partial charge in [-0.25, -0.2) is 4.79 Å². The molecule has 0 radical (unpaired) electrons. The van der Waals surface area contributed by atoms with E-state index in [1.807, 2.05) is 30.3 Å². The van der Waals surface area contributed by atoms with Gasteiger partial charge in [-0.2, -0.15) is 0 Å². The molecule has 6 heteroatoms. The first-order valence-electron chi connectivity index (χ1n) is 11.4. The molecule has 1 saturated heterocycles. The van der Waals surface area contributed by atoms with Crippen LogP contribution in [-0.2, 0) is 13.0 Å². The van der Waals surface area contributed by atoms with E-state index in [9.17, 15) is 4.79 Å². The minimum Gasteiger partial charge on any atom is -0.497 e. The number of ether oxygens (including phenoxy) is 2. The van der Waals surface area contributed by atoms with Crippen molar-refractivity contribution in [1.82, 2.24) is 10.2 Å². The van der Waals surface area contributed by atoms with Gasteiger partial charge in [0, 0.05) is 13.1 Å². The lowest BCUT2D eigenvalue weighted by Crippen LogP contribution is -2.29. The average Bonchev–Trinajstić information content (AvgIpc) is 3.35. The van der Waals surface area contributed by atoms with Crippen molar-refractivity contribution >= 4 is 11.8 Å². The largest absolute Gasteiger partial charge is 0.497 e. The van der Waals surface area contributed by atoms with Crippen LogP contribution in [0.1, 0.15) is 24.0 Å². The third-order valence-electron chi connectivity index (χ3n) is 5.95. The van der Waals surface area contributed by atoms with Crippen LogP contribution in [0.4, 0.5) is 10.5 Å². The molecule has 1 aliphatic rings. The first-order chi connectivity index (χ1) is 16.1. The number of rotatable bonds is 8. The lowest BCUT2D eigenvalue weighted by atomic mass is 10.0. The summed E-state index contributed by atoms with van der Waals surface area (Å²) >= 11 is 0. The molecule has 1 amide bonds. The Labute approximate surface area is 195 Å². The van der Waals surface area contributed by atoms with Crippen molar-refractivity contribution < 1.29 is 14.3 Å². The summed E-state index contributed by atoms with van der Waals surface area (Å²) in [5.41, 5.74) is 11.0. The molecule has 0 aliphatic carbocycles. The minimum atomic E-state index is -0.510. The van der Waals surface area contributed by atoms with Gasteiger partial charge < -0.3 is 20.5 Å². The zero-order chi connectivity index (χ0) is 23.0. The van der Waals surface area contributed by atoms with Crippen LogP contribution in [0.5, 0.6) is 11.5 Å². The van der Waals surface area contributed by atoms with Crippen LogP contribution < -0.4 is 20.5 Å². The number of carbonyl (C=O) groups is 1. The van der Waals surface area contributed by atoms with Crippen LogP contribution in [-0.4, -0.2) is 37.7 Å². The summed E-state index contributed by atoms with van der Waals surface area (Å²) in [5, 5.41) is 2.80. The summed E-state index contributed by atoms with van der Waals surface area (Å²) in [7, 11) is 1.64. The number of amides is 1. The number of hydrogen-bond donors (Lipinski definition) is 2.